The van der Waals surface area contributed by atoms with Gasteiger partial charge in [-0.3, -0.25) is 10.3 Å². The topological polar surface area (TPSA) is 112 Å². The van der Waals surface area contributed by atoms with Gasteiger partial charge in [-0.25, -0.2) is 9.79 Å². The van der Waals surface area contributed by atoms with Crippen LogP contribution in [-0.2, 0) is 4.84 Å². The number of anilines is 1. The summed E-state index contributed by atoms with van der Waals surface area (Å²) in [6.45, 7) is 0.471. The number of methoxy groups -OCH3 is 1. The minimum atomic E-state index is -1.05. The summed E-state index contributed by atoms with van der Waals surface area (Å²) in [4.78, 5) is 22.1. The summed E-state index contributed by atoms with van der Waals surface area (Å²) in [5.41, 5.74) is 5.03. The zero-order valence-electron chi connectivity index (χ0n) is 17.4. The maximum Gasteiger partial charge on any atom is 0.337 e. The highest BCUT2D eigenvalue weighted by molar-refractivity contribution is 5.96. The molecule has 0 saturated carbocycles. The minimum Gasteiger partial charge on any atom is -0.504 e. The van der Waals surface area contributed by atoms with Gasteiger partial charge in [0.05, 0.1) is 24.3 Å². The maximum absolute atomic E-state index is 11.6. The summed E-state index contributed by atoms with van der Waals surface area (Å²) in [6, 6.07) is 21.3. The summed E-state index contributed by atoms with van der Waals surface area (Å²) in [5, 5.41) is 22.8. The highest BCUT2D eigenvalue weighted by Crippen LogP contribution is 2.37. The van der Waals surface area contributed by atoms with Gasteiger partial charge in [-0.2, -0.15) is 0 Å². The molecule has 1 aliphatic heterocycles. The van der Waals surface area contributed by atoms with Crippen molar-refractivity contribution in [2.45, 2.75) is 6.10 Å². The molecular formula is C24H23N3O5. The number of nitrogens with zero attached hydrogens (tertiary/aromatic N) is 1. The Morgan fingerprint density at radius 1 is 1.12 bits per heavy atom. The number of phenolic OH excluding ortho intramolecular Hbond substituents is 1. The maximum atomic E-state index is 11.6. The quantitative estimate of drug-likeness (QED) is 0.443. The van der Waals surface area contributed by atoms with E-state index in [2.05, 4.69) is 15.8 Å². The number of rotatable bonds is 7. The van der Waals surface area contributed by atoms with Crippen molar-refractivity contribution >= 4 is 23.2 Å². The first-order valence-corrected chi connectivity index (χ1v) is 10.0. The lowest BCUT2D eigenvalue weighted by atomic mass is 9.94. The van der Waals surface area contributed by atoms with E-state index in [1.165, 1.54) is 13.2 Å². The van der Waals surface area contributed by atoms with E-state index in [0.717, 1.165) is 11.3 Å². The molecule has 1 aliphatic rings. The molecule has 2 unspecified atom stereocenters. The Hall–Kier alpha value is -4.04. The van der Waals surface area contributed by atoms with E-state index in [9.17, 15) is 15.0 Å². The molecule has 8 heteroatoms. The SMILES string of the molecule is COc1cc(C2ONC(=Nc3ccccc3C(=O)O)C2CNc2ccccc2)ccc1O. The Balaban J connectivity index is 1.69. The van der Waals surface area contributed by atoms with E-state index < -0.39 is 12.1 Å². The van der Waals surface area contributed by atoms with Gasteiger partial charge in [0.1, 0.15) is 11.9 Å². The van der Waals surface area contributed by atoms with E-state index in [-0.39, 0.29) is 17.2 Å². The molecule has 0 bridgehead atoms. The van der Waals surface area contributed by atoms with Gasteiger partial charge in [0.25, 0.3) is 0 Å². The number of carboxylic acids is 1. The second-order valence-corrected chi connectivity index (χ2v) is 7.24. The van der Waals surface area contributed by atoms with E-state index >= 15 is 0 Å². The monoisotopic (exact) mass is 433 g/mol. The van der Waals surface area contributed by atoms with Crippen molar-refractivity contribution in [1.29, 1.82) is 0 Å². The van der Waals surface area contributed by atoms with Gasteiger partial charge in [0, 0.05) is 12.2 Å². The van der Waals surface area contributed by atoms with Gasteiger partial charge in [-0.1, -0.05) is 36.4 Å². The molecule has 1 heterocycles. The molecule has 0 aliphatic carbocycles. The number of phenols is 1. The first-order chi connectivity index (χ1) is 15.6. The van der Waals surface area contributed by atoms with Crippen LogP contribution in [0.5, 0.6) is 11.5 Å². The Kier molecular flexibility index (Phi) is 6.23. The molecule has 0 aromatic heterocycles. The van der Waals surface area contributed by atoms with Gasteiger partial charge in [-0.15, -0.1) is 0 Å². The lowest BCUT2D eigenvalue weighted by Crippen LogP contribution is -2.26. The van der Waals surface area contributed by atoms with Crippen molar-refractivity contribution in [3.63, 3.8) is 0 Å². The average molecular weight is 433 g/mol. The smallest absolute Gasteiger partial charge is 0.337 e. The number of hydroxylamine groups is 1. The summed E-state index contributed by atoms with van der Waals surface area (Å²) in [7, 11) is 1.48. The van der Waals surface area contributed by atoms with Crippen molar-refractivity contribution < 1.29 is 24.6 Å². The lowest BCUT2D eigenvalue weighted by Gasteiger charge is -2.19. The number of ether oxygens (including phenoxy) is 1. The van der Waals surface area contributed by atoms with Crippen LogP contribution >= 0.6 is 0 Å². The molecular weight excluding hydrogens is 410 g/mol. The molecule has 1 fully saturated rings. The van der Waals surface area contributed by atoms with Crippen LogP contribution in [0, 0.1) is 5.92 Å². The number of para-hydroxylation sites is 2. The van der Waals surface area contributed by atoms with E-state index in [0.29, 0.717) is 23.8 Å². The average Bonchev–Trinajstić information content (AvgIpc) is 3.21. The summed E-state index contributed by atoms with van der Waals surface area (Å²) < 4.78 is 5.24. The number of amidine groups is 1. The van der Waals surface area contributed by atoms with Crippen LogP contribution in [0.25, 0.3) is 0 Å². The molecule has 1 saturated heterocycles. The predicted octanol–water partition coefficient (Wildman–Crippen LogP) is 4.13. The number of hydrogen-bond donors (Lipinski definition) is 4. The standard InChI is InChI=1S/C24H23N3O5/c1-31-21-13-15(11-12-20(21)28)22-18(14-25-16-7-3-2-4-8-16)23(27-32-22)26-19-10-6-5-9-17(19)24(29)30/h2-13,18,22,25,28H,14H2,1H3,(H,26,27)(H,29,30). The van der Waals surface area contributed by atoms with Gasteiger partial charge in [-0.05, 0) is 42.0 Å². The largest absolute Gasteiger partial charge is 0.504 e. The third-order valence-electron chi connectivity index (χ3n) is 5.21. The second kappa shape index (κ2) is 9.40. The zero-order chi connectivity index (χ0) is 22.5. The molecule has 8 nitrogen and oxygen atoms in total. The molecule has 164 valence electrons. The van der Waals surface area contributed by atoms with Crippen molar-refractivity contribution in [2.24, 2.45) is 10.9 Å². The molecule has 32 heavy (non-hydrogen) atoms. The lowest BCUT2D eigenvalue weighted by molar-refractivity contribution is 0.0294. The molecule has 4 N–H and O–H groups in total. The van der Waals surface area contributed by atoms with Crippen LogP contribution in [-0.4, -0.2) is 35.7 Å². The van der Waals surface area contributed by atoms with Crippen molar-refractivity contribution in [1.82, 2.24) is 5.48 Å². The highest BCUT2D eigenvalue weighted by atomic mass is 16.7. The van der Waals surface area contributed by atoms with Crippen LogP contribution in [0.3, 0.4) is 0 Å². The van der Waals surface area contributed by atoms with E-state index in [1.807, 2.05) is 30.3 Å². The molecule has 0 radical (unpaired) electrons. The van der Waals surface area contributed by atoms with Crippen LogP contribution < -0.4 is 15.5 Å². The number of carbonyl (C=O) groups is 1. The summed E-state index contributed by atoms with van der Waals surface area (Å²) >= 11 is 0. The van der Waals surface area contributed by atoms with Crippen LogP contribution in [0.4, 0.5) is 11.4 Å². The van der Waals surface area contributed by atoms with Crippen molar-refractivity contribution in [3.8, 4) is 11.5 Å². The molecule has 3 aromatic rings. The van der Waals surface area contributed by atoms with Gasteiger partial charge in [0.2, 0.25) is 0 Å². The Labute approximate surface area is 185 Å². The molecule has 0 spiro atoms. The first kappa shape index (κ1) is 21.2. The normalized spacial score (nSPS) is 18.8. The van der Waals surface area contributed by atoms with E-state index in [4.69, 9.17) is 9.57 Å². The Morgan fingerprint density at radius 3 is 2.62 bits per heavy atom. The van der Waals surface area contributed by atoms with Crippen LogP contribution in [0.2, 0.25) is 0 Å². The number of aromatic hydroxyl groups is 1. The van der Waals surface area contributed by atoms with E-state index in [1.54, 1.807) is 36.4 Å². The predicted molar refractivity (Wildman–Crippen MR) is 121 cm³/mol. The molecule has 3 aromatic carbocycles. The molecule has 2 atom stereocenters. The summed E-state index contributed by atoms with van der Waals surface area (Å²) in [6.07, 6.45) is -0.448. The number of benzene rings is 3. The number of carboxylic acid groups (broad SMARTS) is 1. The molecule has 0 amide bonds. The zero-order valence-corrected chi connectivity index (χ0v) is 17.4. The Bertz CT molecular complexity index is 1130. The van der Waals surface area contributed by atoms with Crippen LogP contribution in [0.1, 0.15) is 22.0 Å². The van der Waals surface area contributed by atoms with Crippen LogP contribution in [0.15, 0.2) is 77.8 Å². The van der Waals surface area contributed by atoms with Gasteiger partial charge >= 0.3 is 5.97 Å². The van der Waals surface area contributed by atoms with Crippen molar-refractivity contribution in [2.75, 3.05) is 19.0 Å². The minimum absolute atomic E-state index is 0.0328. The highest BCUT2D eigenvalue weighted by Gasteiger charge is 2.36. The fourth-order valence-corrected chi connectivity index (χ4v) is 3.57. The van der Waals surface area contributed by atoms with Crippen molar-refractivity contribution in [3.05, 3.63) is 83.9 Å². The number of hydrogen-bond acceptors (Lipinski definition) is 6. The molecule has 4 rings (SSSR count). The fraction of sp³-hybridized carbons (Fsp3) is 0.167. The number of nitrogens with one attached hydrogen (secondary N) is 2. The van der Waals surface area contributed by atoms with Gasteiger partial charge < -0.3 is 20.3 Å². The second-order valence-electron chi connectivity index (χ2n) is 7.24. The third kappa shape index (κ3) is 4.50. The Morgan fingerprint density at radius 2 is 1.88 bits per heavy atom. The van der Waals surface area contributed by atoms with Gasteiger partial charge in [0.15, 0.2) is 11.5 Å². The third-order valence-corrected chi connectivity index (χ3v) is 5.21. The first-order valence-electron chi connectivity index (χ1n) is 10.0. The fourth-order valence-electron chi connectivity index (χ4n) is 3.57. The number of aliphatic imine (C=N–C) groups is 1. The number of aromatic carboxylic acids is 1. The summed E-state index contributed by atoms with van der Waals surface area (Å²) in [5.74, 6) is -0.457.